The van der Waals surface area contributed by atoms with Crippen molar-refractivity contribution in [3.05, 3.63) is 22.7 Å². The molecule has 0 aliphatic rings. The fourth-order valence-electron chi connectivity index (χ4n) is 1.37. The lowest BCUT2D eigenvalue weighted by atomic mass is 10.2. The first-order valence-electron chi connectivity index (χ1n) is 5.58. The molecule has 0 unspecified atom stereocenters. The maximum atomic E-state index is 11.1. The number of nitrogens with two attached hydrogens (primary N) is 1. The van der Waals surface area contributed by atoms with Crippen molar-refractivity contribution in [1.29, 1.82) is 0 Å². The number of carboxylic acids is 1. The maximum Gasteiger partial charge on any atom is 0.339 e. The van der Waals surface area contributed by atoms with Crippen molar-refractivity contribution in [3.63, 3.8) is 0 Å². The largest absolute Gasteiger partial charge is 0.489 e. The Bertz CT molecular complexity index is 438. The third-order valence-electron chi connectivity index (χ3n) is 2.20. The third kappa shape index (κ3) is 4.94. The molecular formula is C12H16ClNO5. The lowest BCUT2D eigenvalue weighted by Gasteiger charge is -2.12. The number of hydrogen-bond acceptors (Lipinski definition) is 5. The highest BCUT2D eigenvalue weighted by Crippen LogP contribution is 2.31. The molecule has 0 saturated heterocycles. The molecule has 6 nitrogen and oxygen atoms in total. The first kappa shape index (κ1) is 15.6. The number of anilines is 1. The van der Waals surface area contributed by atoms with Crippen LogP contribution in [0.15, 0.2) is 12.1 Å². The van der Waals surface area contributed by atoms with E-state index in [0.29, 0.717) is 19.8 Å². The SMILES string of the molecule is COCCOCCOc1c(Cl)cc(N)cc1C(=O)O. The van der Waals surface area contributed by atoms with E-state index in [1.54, 1.807) is 7.11 Å². The summed E-state index contributed by atoms with van der Waals surface area (Å²) in [5.74, 6) is -1.05. The highest BCUT2D eigenvalue weighted by Gasteiger charge is 2.16. The fourth-order valence-corrected chi connectivity index (χ4v) is 1.65. The molecule has 0 aromatic heterocycles. The first-order valence-corrected chi connectivity index (χ1v) is 5.96. The zero-order chi connectivity index (χ0) is 14.3. The van der Waals surface area contributed by atoms with Gasteiger partial charge >= 0.3 is 5.97 Å². The summed E-state index contributed by atoms with van der Waals surface area (Å²) in [7, 11) is 1.58. The van der Waals surface area contributed by atoms with Crippen molar-refractivity contribution in [3.8, 4) is 5.75 Å². The van der Waals surface area contributed by atoms with E-state index in [2.05, 4.69) is 0 Å². The molecule has 0 amide bonds. The molecule has 0 aliphatic carbocycles. The lowest BCUT2D eigenvalue weighted by molar-refractivity contribution is 0.0535. The van der Waals surface area contributed by atoms with Crippen molar-refractivity contribution >= 4 is 23.3 Å². The summed E-state index contributed by atoms with van der Waals surface area (Å²) in [4.78, 5) is 11.1. The van der Waals surface area contributed by atoms with E-state index in [0.717, 1.165) is 0 Å². The van der Waals surface area contributed by atoms with Gasteiger partial charge in [-0.3, -0.25) is 0 Å². The number of carbonyl (C=O) groups is 1. The molecule has 0 fully saturated rings. The van der Waals surface area contributed by atoms with E-state index in [9.17, 15) is 4.79 Å². The van der Waals surface area contributed by atoms with Gasteiger partial charge in [-0.25, -0.2) is 4.79 Å². The molecule has 0 spiro atoms. The van der Waals surface area contributed by atoms with Crippen molar-refractivity contribution in [2.75, 3.05) is 39.3 Å². The van der Waals surface area contributed by atoms with Crippen LogP contribution in [0.2, 0.25) is 5.02 Å². The van der Waals surface area contributed by atoms with E-state index < -0.39 is 5.97 Å². The van der Waals surface area contributed by atoms with E-state index in [1.165, 1.54) is 12.1 Å². The van der Waals surface area contributed by atoms with Crippen LogP contribution in [0.3, 0.4) is 0 Å². The Balaban J connectivity index is 2.59. The van der Waals surface area contributed by atoms with Crippen LogP contribution in [0, 0.1) is 0 Å². The quantitative estimate of drug-likeness (QED) is 0.559. The lowest BCUT2D eigenvalue weighted by Crippen LogP contribution is -2.12. The van der Waals surface area contributed by atoms with Gasteiger partial charge in [-0.1, -0.05) is 11.6 Å². The number of rotatable bonds is 8. The van der Waals surface area contributed by atoms with Crippen LogP contribution in [0.1, 0.15) is 10.4 Å². The number of halogens is 1. The molecule has 1 rings (SSSR count). The number of nitrogen functional groups attached to an aromatic ring is 1. The summed E-state index contributed by atoms with van der Waals surface area (Å²) in [6.07, 6.45) is 0. The van der Waals surface area contributed by atoms with Crippen molar-refractivity contribution in [2.45, 2.75) is 0 Å². The normalized spacial score (nSPS) is 10.4. The molecule has 19 heavy (non-hydrogen) atoms. The minimum atomic E-state index is -1.15. The Labute approximate surface area is 116 Å². The van der Waals surface area contributed by atoms with Gasteiger partial charge in [0.2, 0.25) is 0 Å². The molecule has 0 saturated carbocycles. The molecular weight excluding hydrogens is 274 g/mol. The molecule has 3 N–H and O–H groups in total. The minimum absolute atomic E-state index is 0.0677. The third-order valence-corrected chi connectivity index (χ3v) is 2.48. The molecule has 0 heterocycles. The van der Waals surface area contributed by atoms with Gasteiger partial charge in [0.15, 0.2) is 5.75 Å². The van der Waals surface area contributed by atoms with Crippen molar-refractivity contribution in [1.82, 2.24) is 0 Å². The number of hydrogen-bond donors (Lipinski definition) is 2. The van der Waals surface area contributed by atoms with Crippen molar-refractivity contribution in [2.24, 2.45) is 0 Å². The van der Waals surface area contributed by atoms with Gasteiger partial charge in [0.1, 0.15) is 12.2 Å². The standard InChI is InChI=1S/C12H16ClNO5/c1-17-2-3-18-4-5-19-11-9(12(15)16)6-8(14)7-10(11)13/h6-7H,2-5,14H2,1H3,(H,15,16). The van der Waals surface area contributed by atoms with Gasteiger partial charge < -0.3 is 25.1 Å². The second-order valence-corrected chi connectivity index (χ2v) is 4.05. The average molecular weight is 290 g/mol. The summed E-state index contributed by atoms with van der Waals surface area (Å²) < 4.78 is 15.3. The zero-order valence-electron chi connectivity index (χ0n) is 10.5. The van der Waals surface area contributed by atoms with Crippen LogP contribution >= 0.6 is 11.6 Å². The average Bonchev–Trinajstić information content (AvgIpc) is 2.34. The van der Waals surface area contributed by atoms with E-state index in [4.69, 9.17) is 36.7 Å². The maximum absolute atomic E-state index is 11.1. The molecule has 0 radical (unpaired) electrons. The van der Waals surface area contributed by atoms with E-state index in [1.807, 2.05) is 0 Å². The Morgan fingerprint density at radius 3 is 2.63 bits per heavy atom. The van der Waals surface area contributed by atoms with Gasteiger partial charge in [-0.2, -0.15) is 0 Å². The highest BCUT2D eigenvalue weighted by molar-refractivity contribution is 6.33. The Kier molecular flexibility index (Phi) is 6.41. The van der Waals surface area contributed by atoms with Gasteiger partial charge in [0.25, 0.3) is 0 Å². The second kappa shape index (κ2) is 7.83. The molecule has 7 heteroatoms. The van der Waals surface area contributed by atoms with E-state index in [-0.39, 0.29) is 28.6 Å². The second-order valence-electron chi connectivity index (χ2n) is 3.64. The Morgan fingerprint density at radius 1 is 1.32 bits per heavy atom. The van der Waals surface area contributed by atoms with Crippen LogP contribution < -0.4 is 10.5 Å². The fraction of sp³-hybridized carbons (Fsp3) is 0.417. The van der Waals surface area contributed by atoms with Gasteiger partial charge in [0, 0.05) is 12.8 Å². The number of methoxy groups -OCH3 is 1. The first-order chi connectivity index (χ1) is 9.06. The van der Waals surface area contributed by atoms with Crippen LogP contribution in [0.4, 0.5) is 5.69 Å². The predicted molar refractivity (Wildman–Crippen MR) is 71.0 cm³/mol. The van der Waals surface area contributed by atoms with Crippen molar-refractivity contribution < 1.29 is 24.1 Å². The summed E-state index contributed by atoms with van der Waals surface area (Å²) in [6.45, 7) is 1.43. The zero-order valence-corrected chi connectivity index (χ0v) is 11.3. The van der Waals surface area contributed by atoms with Crippen LogP contribution in [0.25, 0.3) is 0 Å². The number of ether oxygens (including phenoxy) is 3. The molecule has 0 bridgehead atoms. The van der Waals surface area contributed by atoms with Gasteiger partial charge in [0.05, 0.1) is 24.8 Å². The Morgan fingerprint density at radius 2 is 2.00 bits per heavy atom. The van der Waals surface area contributed by atoms with Gasteiger partial charge in [-0.15, -0.1) is 0 Å². The summed E-state index contributed by atoms with van der Waals surface area (Å²) in [5.41, 5.74) is 5.74. The summed E-state index contributed by atoms with van der Waals surface area (Å²) in [6, 6.07) is 2.74. The van der Waals surface area contributed by atoms with Crippen LogP contribution in [0.5, 0.6) is 5.75 Å². The molecule has 1 aromatic carbocycles. The highest BCUT2D eigenvalue weighted by atomic mass is 35.5. The molecule has 106 valence electrons. The number of carboxylic acid groups (broad SMARTS) is 1. The van der Waals surface area contributed by atoms with Gasteiger partial charge in [-0.05, 0) is 12.1 Å². The monoisotopic (exact) mass is 289 g/mol. The van der Waals surface area contributed by atoms with Crippen LogP contribution in [-0.4, -0.2) is 44.6 Å². The summed E-state index contributed by atoms with van der Waals surface area (Å²) >= 11 is 5.91. The topological polar surface area (TPSA) is 91.0 Å². The smallest absolute Gasteiger partial charge is 0.339 e. The van der Waals surface area contributed by atoms with Crippen LogP contribution in [-0.2, 0) is 9.47 Å². The number of benzene rings is 1. The number of aromatic carboxylic acids is 1. The van der Waals surface area contributed by atoms with E-state index >= 15 is 0 Å². The molecule has 0 atom stereocenters. The Hall–Kier alpha value is -1.50. The minimum Gasteiger partial charge on any atom is -0.489 e. The molecule has 1 aromatic rings. The summed E-state index contributed by atoms with van der Waals surface area (Å²) in [5, 5.41) is 9.21. The molecule has 0 aliphatic heterocycles. The predicted octanol–water partition coefficient (Wildman–Crippen LogP) is 1.66.